The number of carbonyl (C=O) groups excluding carboxylic acids is 1. The summed E-state index contributed by atoms with van der Waals surface area (Å²) in [5.74, 6) is -0.0417. The molecule has 0 amide bonds. The summed E-state index contributed by atoms with van der Waals surface area (Å²) < 4.78 is 1.33. The van der Waals surface area contributed by atoms with Gasteiger partial charge < -0.3 is 5.32 Å². The Hall–Kier alpha value is -1.16. The largest absolute Gasteiger partial charge is 0.304 e. The molecule has 1 rings (SSSR count). The van der Waals surface area contributed by atoms with Crippen molar-refractivity contribution >= 4 is 5.91 Å². The van der Waals surface area contributed by atoms with Crippen molar-refractivity contribution in [3.63, 3.8) is 0 Å². The first-order valence-electron chi connectivity index (χ1n) is 4.27. The number of nitrogens with zero attached hydrogens (tertiary/aromatic N) is 2. The highest BCUT2D eigenvalue weighted by atomic mass is 16.2. The van der Waals surface area contributed by atoms with Gasteiger partial charge in [0.15, 0.2) is 0 Å². The van der Waals surface area contributed by atoms with Crippen LogP contribution < -0.4 is 5.32 Å². The van der Waals surface area contributed by atoms with Gasteiger partial charge in [0.25, 0.3) is 5.91 Å². The molecule has 13 heavy (non-hydrogen) atoms. The number of hydrogen-bond donors (Lipinski definition) is 1. The van der Waals surface area contributed by atoms with Crippen LogP contribution in [0, 0.1) is 0 Å². The summed E-state index contributed by atoms with van der Waals surface area (Å²) in [6.45, 7) is 6.36. The molecule has 1 heterocycles. The first kappa shape index (κ1) is 9.92. The van der Waals surface area contributed by atoms with Crippen molar-refractivity contribution < 1.29 is 4.79 Å². The van der Waals surface area contributed by atoms with Crippen LogP contribution in [-0.4, -0.2) is 27.8 Å². The molecular weight excluding hydrogens is 166 g/mol. The summed E-state index contributed by atoms with van der Waals surface area (Å²) in [6, 6.07) is 1.73. The summed E-state index contributed by atoms with van der Waals surface area (Å²) in [5.41, 5.74) is -0.0389. The van der Waals surface area contributed by atoms with E-state index in [1.165, 1.54) is 4.68 Å². The minimum atomic E-state index is -0.0417. The Bertz CT molecular complexity index is 272. The fourth-order valence-electron chi connectivity index (χ4n) is 0.838. The van der Waals surface area contributed by atoms with Gasteiger partial charge in [-0.05, 0) is 26.8 Å². The normalized spacial score (nSPS) is 11.6. The second-order valence-corrected chi connectivity index (χ2v) is 3.95. The van der Waals surface area contributed by atoms with Crippen molar-refractivity contribution in [3.05, 3.63) is 18.5 Å². The standard InChI is InChI=1S/C9H15N3O/c1-9(2,3)10-7-8(13)12-6-4-5-11-12/h4-6,10H,7H2,1-3H3. The third-order valence-electron chi connectivity index (χ3n) is 1.53. The number of rotatable bonds is 2. The molecule has 0 saturated carbocycles. The third-order valence-corrected chi connectivity index (χ3v) is 1.53. The van der Waals surface area contributed by atoms with E-state index in [0.29, 0.717) is 6.54 Å². The van der Waals surface area contributed by atoms with Gasteiger partial charge in [-0.2, -0.15) is 5.10 Å². The zero-order chi connectivity index (χ0) is 9.90. The molecule has 1 aromatic rings. The van der Waals surface area contributed by atoms with Crippen molar-refractivity contribution in [1.82, 2.24) is 15.1 Å². The topological polar surface area (TPSA) is 46.9 Å². The monoisotopic (exact) mass is 181 g/mol. The highest BCUT2D eigenvalue weighted by Crippen LogP contribution is 1.97. The van der Waals surface area contributed by atoms with E-state index in [-0.39, 0.29) is 11.4 Å². The van der Waals surface area contributed by atoms with Gasteiger partial charge >= 0.3 is 0 Å². The summed E-state index contributed by atoms with van der Waals surface area (Å²) in [5, 5.41) is 6.94. The maximum absolute atomic E-state index is 11.4. The van der Waals surface area contributed by atoms with Crippen LogP contribution in [0.3, 0.4) is 0 Å². The molecule has 0 aliphatic carbocycles. The van der Waals surface area contributed by atoms with Crippen LogP contribution in [0.4, 0.5) is 0 Å². The number of carbonyl (C=O) groups is 1. The molecule has 0 fully saturated rings. The van der Waals surface area contributed by atoms with Crippen LogP contribution in [0.2, 0.25) is 0 Å². The van der Waals surface area contributed by atoms with E-state index in [1.807, 2.05) is 20.8 Å². The SMILES string of the molecule is CC(C)(C)NCC(=O)n1cccn1. The van der Waals surface area contributed by atoms with Gasteiger partial charge in [-0.3, -0.25) is 4.79 Å². The zero-order valence-electron chi connectivity index (χ0n) is 8.24. The molecule has 0 unspecified atom stereocenters. The Morgan fingerprint density at radius 3 is 2.69 bits per heavy atom. The lowest BCUT2D eigenvalue weighted by molar-refractivity contribution is 0.0887. The van der Waals surface area contributed by atoms with Gasteiger partial charge in [-0.25, -0.2) is 4.68 Å². The zero-order valence-corrected chi connectivity index (χ0v) is 8.24. The van der Waals surface area contributed by atoms with Gasteiger partial charge in [-0.1, -0.05) is 0 Å². The quantitative estimate of drug-likeness (QED) is 0.737. The smallest absolute Gasteiger partial charge is 0.260 e. The highest BCUT2D eigenvalue weighted by Gasteiger charge is 2.12. The molecule has 0 aliphatic heterocycles. The fraction of sp³-hybridized carbons (Fsp3) is 0.556. The second-order valence-electron chi connectivity index (χ2n) is 3.95. The Balaban J connectivity index is 2.44. The molecule has 0 atom stereocenters. The molecule has 0 radical (unpaired) electrons. The van der Waals surface area contributed by atoms with E-state index in [2.05, 4.69) is 10.4 Å². The molecular formula is C9H15N3O. The van der Waals surface area contributed by atoms with Crippen LogP contribution in [0.25, 0.3) is 0 Å². The average molecular weight is 181 g/mol. The lowest BCUT2D eigenvalue weighted by atomic mass is 10.1. The van der Waals surface area contributed by atoms with E-state index in [9.17, 15) is 4.79 Å². The number of hydrogen-bond acceptors (Lipinski definition) is 3. The van der Waals surface area contributed by atoms with Crippen molar-refractivity contribution in [2.24, 2.45) is 0 Å². The van der Waals surface area contributed by atoms with Gasteiger partial charge in [0.2, 0.25) is 0 Å². The van der Waals surface area contributed by atoms with Crippen molar-refractivity contribution in [1.29, 1.82) is 0 Å². The molecule has 0 aliphatic rings. The second kappa shape index (κ2) is 3.70. The Labute approximate surface area is 77.9 Å². The minimum absolute atomic E-state index is 0.0389. The van der Waals surface area contributed by atoms with Gasteiger partial charge in [-0.15, -0.1) is 0 Å². The fourth-order valence-corrected chi connectivity index (χ4v) is 0.838. The summed E-state index contributed by atoms with van der Waals surface area (Å²) in [6.07, 6.45) is 3.24. The van der Waals surface area contributed by atoms with Crippen LogP contribution >= 0.6 is 0 Å². The van der Waals surface area contributed by atoms with Gasteiger partial charge in [0.1, 0.15) is 0 Å². The molecule has 72 valence electrons. The maximum Gasteiger partial charge on any atom is 0.260 e. The van der Waals surface area contributed by atoms with E-state index < -0.39 is 0 Å². The van der Waals surface area contributed by atoms with Crippen LogP contribution in [-0.2, 0) is 0 Å². The molecule has 1 aromatic heterocycles. The molecule has 0 spiro atoms. The van der Waals surface area contributed by atoms with Crippen molar-refractivity contribution in [3.8, 4) is 0 Å². The number of aromatic nitrogens is 2. The number of nitrogens with one attached hydrogen (secondary N) is 1. The van der Waals surface area contributed by atoms with Crippen LogP contribution in [0.5, 0.6) is 0 Å². The van der Waals surface area contributed by atoms with Crippen molar-refractivity contribution in [2.75, 3.05) is 6.54 Å². The Morgan fingerprint density at radius 2 is 2.23 bits per heavy atom. The van der Waals surface area contributed by atoms with Gasteiger partial charge in [0.05, 0.1) is 6.54 Å². The van der Waals surface area contributed by atoms with Crippen molar-refractivity contribution in [2.45, 2.75) is 26.3 Å². The molecule has 0 aromatic carbocycles. The predicted molar refractivity (Wildman–Crippen MR) is 50.6 cm³/mol. The lowest BCUT2D eigenvalue weighted by Crippen LogP contribution is -2.40. The minimum Gasteiger partial charge on any atom is -0.304 e. The molecule has 1 N–H and O–H groups in total. The van der Waals surface area contributed by atoms with Crippen LogP contribution in [0.15, 0.2) is 18.5 Å². The predicted octanol–water partition coefficient (Wildman–Crippen LogP) is 0.911. The molecule has 0 bridgehead atoms. The summed E-state index contributed by atoms with van der Waals surface area (Å²) in [4.78, 5) is 11.4. The highest BCUT2D eigenvalue weighted by molar-refractivity contribution is 5.79. The molecule has 4 heteroatoms. The average Bonchev–Trinajstić information content (AvgIpc) is 2.50. The summed E-state index contributed by atoms with van der Waals surface area (Å²) in [7, 11) is 0. The first-order valence-corrected chi connectivity index (χ1v) is 4.27. The maximum atomic E-state index is 11.4. The first-order chi connectivity index (χ1) is 5.99. The van der Waals surface area contributed by atoms with Crippen LogP contribution in [0.1, 0.15) is 25.6 Å². The Morgan fingerprint density at radius 1 is 1.54 bits per heavy atom. The van der Waals surface area contributed by atoms with Gasteiger partial charge in [0, 0.05) is 17.9 Å². The van der Waals surface area contributed by atoms with E-state index in [0.717, 1.165) is 0 Å². The van der Waals surface area contributed by atoms with E-state index in [4.69, 9.17) is 0 Å². The third kappa shape index (κ3) is 3.38. The van der Waals surface area contributed by atoms with E-state index in [1.54, 1.807) is 18.5 Å². The molecule has 0 saturated heterocycles. The lowest BCUT2D eigenvalue weighted by Gasteiger charge is -2.19. The van der Waals surface area contributed by atoms with E-state index >= 15 is 0 Å². The summed E-state index contributed by atoms with van der Waals surface area (Å²) >= 11 is 0. The Kier molecular flexibility index (Phi) is 2.83. The molecule has 4 nitrogen and oxygen atoms in total.